The molecule has 0 aliphatic carbocycles. The Morgan fingerprint density at radius 1 is 1.38 bits per heavy atom. The van der Waals surface area contributed by atoms with Crippen LogP contribution in [0.4, 0.5) is 4.79 Å². The molecule has 0 rings (SSSR count). The second-order valence-electron chi connectivity index (χ2n) is 2.74. The van der Waals surface area contributed by atoms with Crippen LogP contribution in [0.15, 0.2) is 0 Å². The van der Waals surface area contributed by atoms with Crippen LogP contribution in [0.2, 0.25) is 0 Å². The molecule has 0 spiro atoms. The van der Waals surface area contributed by atoms with E-state index in [4.69, 9.17) is 0 Å². The summed E-state index contributed by atoms with van der Waals surface area (Å²) in [6, 6.07) is -0.813. The maximum absolute atomic E-state index is 11.2. The normalized spacial score (nSPS) is 11.9. The van der Waals surface area contributed by atoms with E-state index in [0.29, 0.717) is 0 Å². The van der Waals surface area contributed by atoms with Gasteiger partial charge in [0.2, 0.25) is 5.91 Å². The minimum absolute atomic E-state index is 0.312. The van der Waals surface area contributed by atoms with Crippen LogP contribution in [0.1, 0.15) is 20.3 Å². The van der Waals surface area contributed by atoms with E-state index in [1.807, 2.05) is 6.92 Å². The summed E-state index contributed by atoms with van der Waals surface area (Å²) in [6.45, 7) is 4.49. The highest BCUT2D eigenvalue weighted by Crippen LogP contribution is 1.82. The number of rotatable bonds is 4. The number of hydrogen-bond acceptors (Lipinski definition) is 3. The minimum Gasteiger partial charge on any atom is -0.341 e. The first-order chi connectivity index (χ1) is 6.11. The topological polar surface area (TPSA) is 70.2 Å². The summed E-state index contributed by atoms with van der Waals surface area (Å²) in [5.41, 5.74) is 0. The number of carbonyl (C=O) groups excluding carboxylic acids is 2. The molecule has 3 N–H and O–H groups in total. The molecule has 0 fully saturated rings. The number of amides is 3. The van der Waals surface area contributed by atoms with Crippen molar-refractivity contribution in [3.63, 3.8) is 0 Å². The summed E-state index contributed by atoms with van der Waals surface area (Å²) >= 11 is 0. The number of imide groups is 1. The van der Waals surface area contributed by atoms with Gasteiger partial charge in [-0.3, -0.25) is 10.1 Å². The summed E-state index contributed by atoms with van der Waals surface area (Å²) in [6.07, 6.45) is 0.956. The maximum atomic E-state index is 11.2. The number of urea groups is 1. The van der Waals surface area contributed by atoms with E-state index in [0.717, 1.165) is 13.0 Å². The monoisotopic (exact) mass is 187 g/mol. The number of nitrogens with one attached hydrogen (secondary N) is 3. The van der Waals surface area contributed by atoms with Gasteiger partial charge in [-0.2, -0.15) is 0 Å². The van der Waals surface area contributed by atoms with Gasteiger partial charge >= 0.3 is 6.03 Å². The van der Waals surface area contributed by atoms with Crippen LogP contribution < -0.4 is 16.0 Å². The molecule has 0 aromatic heterocycles. The van der Waals surface area contributed by atoms with Crippen molar-refractivity contribution in [1.82, 2.24) is 16.0 Å². The first-order valence-corrected chi connectivity index (χ1v) is 4.37. The predicted octanol–water partition coefficient (Wildman–Crippen LogP) is -0.170. The molecule has 0 aliphatic heterocycles. The van der Waals surface area contributed by atoms with E-state index >= 15 is 0 Å². The van der Waals surface area contributed by atoms with E-state index < -0.39 is 6.03 Å². The Labute approximate surface area is 78.3 Å². The molecule has 5 nitrogen and oxygen atoms in total. The quantitative estimate of drug-likeness (QED) is 0.572. The molecule has 13 heavy (non-hydrogen) atoms. The van der Waals surface area contributed by atoms with Crippen molar-refractivity contribution >= 4 is 11.9 Å². The molecule has 0 bridgehead atoms. The van der Waals surface area contributed by atoms with Gasteiger partial charge in [0.25, 0.3) is 0 Å². The Kier molecular flexibility index (Phi) is 5.88. The van der Waals surface area contributed by atoms with Crippen LogP contribution in [0, 0.1) is 0 Å². The fourth-order valence-electron chi connectivity index (χ4n) is 0.736. The Balaban J connectivity index is 3.75. The average Bonchev–Trinajstić information content (AvgIpc) is 2.13. The van der Waals surface area contributed by atoms with Crippen molar-refractivity contribution in [2.45, 2.75) is 26.3 Å². The molecule has 0 radical (unpaired) electrons. The molecule has 0 saturated heterocycles. The summed E-state index contributed by atoms with van der Waals surface area (Å²) in [4.78, 5) is 21.9. The predicted molar refractivity (Wildman–Crippen MR) is 50.4 cm³/mol. The largest absolute Gasteiger partial charge is 0.341 e. The summed E-state index contributed by atoms with van der Waals surface area (Å²) < 4.78 is 0. The van der Waals surface area contributed by atoms with Crippen molar-refractivity contribution in [2.24, 2.45) is 0 Å². The lowest BCUT2D eigenvalue weighted by Crippen LogP contribution is -2.47. The van der Waals surface area contributed by atoms with Gasteiger partial charge in [-0.15, -0.1) is 0 Å². The highest BCUT2D eigenvalue weighted by Gasteiger charge is 2.13. The molecule has 0 heterocycles. The second-order valence-corrected chi connectivity index (χ2v) is 2.74. The number of hydrogen-bond donors (Lipinski definition) is 3. The third-order valence-electron chi connectivity index (χ3n) is 1.56. The highest BCUT2D eigenvalue weighted by atomic mass is 16.2. The van der Waals surface area contributed by atoms with Gasteiger partial charge in [0, 0.05) is 7.05 Å². The van der Waals surface area contributed by atoms with Crippen molar-refractivity contribution < 1.29 is 9.59 Å². The average molecular weight is 187 g/mol. The first kappa shape index (κ1) is 11.9. The molecule has 0 aromatic rings. The molecule has 0 aromatic carbocycles. The van der Waals surface area contributed by atoms with E-state index in [9.17, 15) is 9.59 Å². The van der Waals surface area contributed by atoms with Gasteiger partial charge in [-0.1, -0.05) is 6.92 Å². The zero-order valence-electron chi connectivity index (χ0n) is 8.31. The van der Waals surface area contributed by atoms with Crippen molar-refractivity contribution in [2.75, 3.05) is 13.6 Å². The third kappa shape index (κ3) is 5.19. The van der Waals surface area contributed by atoms with Crippen LogP contribution in [-0.2, 0) is 4.79 Å². The minimum atomic E-state index is -0.477. The Bertz CT molecular complexity index is 182. The lowest BCUT2D eigenvalue weighted by molar-refractivity contribution is -0.121. The Morgan fingerprint density at radius 2 is 2.00 bits per heavy atom. The zero-order chi connectivity index (χ0) is 10.3. The van der Waals surface area contributed by atoms with Crippen molar-refractivity contribution in [3.8, 4) is 0 Å². The van der Waals surface area contributed by atoms with Gasteiger partial charge < -0.3 is 10.6 Å². The molecular formula is C8H17N3O2. The molecule has 1 unspecified atom stereocenters. The molecule has 5 heteroatoms. The molecule has 0 saturated carbocycles. The second kappa shape index (κ2) is 6.42. The van der Waals surface area contributed by atoms with Crippen LogP contribution >= 0.6 is 0 Å². The number of carbonyl (C=O) groups is 2. The van der Waals surface area contributed by atoms with Gasteiger partial charge in [0.15, 0.2) is 0 Å². The Hall–Kier alpha value is -1.10. The lowest BCUT2D eigenvalue weighted by atomic mass is 10.3. The lowest BCUT2D eigenvalue weighted by Gasteiger charge is -2.11. The summed E-state index contributed by atoms with van der Waals surface area (Å²) in [5, 5.41) is 7.46. The fraction of sp³-hybridized carbons (Fsp3) is 0.750. The molecule has 3 amide bonds. The van der Waals surface area contributed by atoms with Crippen molar-refractivity contribution in [3.05, 3.63) is 0 Å². The molecule has 76 valence electrons. The van der Waals surface area contributed by atoms with Crippen LogP contribution in [0.3, 0.4) is 0 Å². The fourth-order valence-corrected chi connectivity index (χ4v) is 0.736. The molecule has 1 atom stereocenters. The standard InChI is InChI=1S/C8H17N3O2/c1-4-5-10-6(2)7(12)11-8(13)9-3/h6,10H,4-5H2,1-3H3,(H2,9,11,12,13). The van der Waals surface area contributed by atoms with Crippen LogP contribution in [0.5, 0.6) is 0 Å². The van der Waals surface area contributed by atoms with Crippen LogP contribution in [0.25, 0.3) is 0 Å². The van der Waals surface area contributed by atoms with E-state index in [1.54, 1.807) is 6.92 Å². The Morgan fingerprint density at radius 3 is 2.46 bits per heavy atom. The third-order valence-corrected chi connectivity index (χ3v) is 1.56. The highest BCUT2D eigenvalue weighted by molar-refractivity contribution is 5.96. The van der Waals surface area contributed by atoms with E-state index in [2.05, 4.69) is 16.0 Å². The van der Waals surface area contributed by atoms with E-state index in [-0.39, 0.29) is 11.9 Å². The van der Waals surface area contributed by atoms with Gasteiger partial charge in [-0.25, -0.2) is 4.79 Å². The zero-order valence-corrected chi connectivity index (χ0v) is 8.31. The van der Waals surface area contributed by atoms with E-state index in [1.165, 1.54) is 7.05 Å². The summed E-state index contributed by atoms with van der Waals surface area (Å²) in [5.74, 6) is -0.312. The maximum Gasteiger partial charge on any atom is 0.321 e. The summed E-state index contributed by atoms with van der Waals surface area (Å²) in [7, 11) is 1.47. The first-order valence-electron chi connectivity index (χ1n) is 4.37. The molecule has 0 aliphatic rings. The SMILES string of the molecule is CCCNC(C)C(=O)NC(=O)NC. The smallest absolute Gasteiger partial charge is 0.321 e. The van der Waals surface area contributed by atoms with Gasteiger partial charge in [0.05, 0.1) is 6.04 Å². The van der Waals surface area contributed by atoms with Crippen molar-refractivity contribution in [1.29, 1.82) is 0 Å². The molecular weight excluding hydrogens is 170 g/mol. The van der Waals surface area contributed by atoms with Crippen LogP contribution in [-0.4, -0.2) is 31.6 Å². The van der Waals surface area contributed by atoms with Gasteiger partial charge in [-0.05, 0) is 19.9 Å². The van der Waals surface area contributed by atoms with Gasteiger partial charge in [0.1, 0.15) is 0 Å².